The van der Waals surface area contributed by atoms with Crippen LogP contribution in [0.1, 0.15) is 29.5 Å². The van der Waals surface area contributed by atoms with Gasteiger partial charge in [-0.3, -0.25) is 0 Å². The van der Waals surface area contributed by atoms with Gasteiger partial charge in [-0.1, -0.05) is 30.3 Å². The molecule has 0 saturated carbocycles. The van der Waals surface area contributed by atoms with E-state index in [9.17, 15) is 13.2 Å². The first kappa shape index (κ1) is 22.1. The fraction of sp³-hybridized carbons (Fsp3) is 0.409. The van der Waals surface area contributed by atoms with E-state index < -0.39 is 10.1 Å². The monoisotopic (exact) mass is 432 g/mol. The normalized spacial score (nSPS) is 16.3. The zero-order chi connectivity index (χ0) is 21.7. The third-order valence-electron chi connectivity index (χ3n) is 4.99. The van der Waals surface area contributed by atoms with E-state index in [0.29, 0.717) is 19.7 Å². The van der Waals surface area contributed by atoms with Gasteiger partial charge in [0.1, 0.15) is 5.75 Å². The van der Waals surface area contributed by atoms with Gasteiger partial charge in [0.25, 0.3) is 0 Å². The van der Waals surface area contributed by atoms with Gasteiger partial charge in [0.2, 0.25) is 0 Å². The van der Waals surface area contributed by atoms with Crippen molar-refractivity contribution in [2.24, 2.45) is 0 Å². The molecule has 1 atom stereocenters. The molecule has 0 aliphatic carbocycles. The Morgan fingerprint density at radius 3 is 2.40 bits per heavy atom. The van der Waals surface area contributed by atoms with E-state index in [1.165, 1.54) is 0 Å². The Kier molecular flexibility index (Phi) is 6.99. The Hall–Kier alpha value is -2.58. The fourth-order valence-electron chi connectivity index (χ4n) is 3.50. The lowest BCUT2D eigenvalue weighted by Gasteiger charge is -2.26. The number of benzene rings is 2. The minimum absolute atomic E-state index is 0.0153. The van der Waals surface area contributed by atoms with Gasteiger partial charge in [-0.15, -0.1) is 0 Å². The molecule has 30 heavy (non-hydrogen) atoms. The highest BCUT2D eigenvalue weighted by molar-refractivity contribution is 7.86. The van der Waals surface area contributed by atoms with Crippen LogP contribution in [0.5, 0.6) is 5.75 Å². The van der Waals surface area contributed by atoms with Crippen LogP contribution in [0.4, 0.5) is 10.5 Å². The molecule has 0 spiro atoms. The molecule has 0 aromatic heterocycles. The van der Waals surface area contributed by atoms with Crippen molar-refractivity contribution in [2.75, 3.05) is 24.7 Å². The predicted octanol–water partition coefficient (Wildman–Crippen LogP) is 3.85. The highest BCUT2D eigenvalue weighted by Gasteiger charge is 2.23. The van der Waals surface area contributed by atoms with Gasteiger partial charge in [-0.25, -0.2) is 4.79 Å². The van der Waals surface area contributed by atoms with Crippen molar-refractivity contribution >= 4 is 21.8 Å². The molecule has 1 saturated heterocycles. The van der Waals surface area contributed by atoms with Crippen LogP contribution in [0.15, 0.2) is 42.5 Å². The summed E-state index contributed by atoms with van der Waals surface area (Å²) in [5.41, 5.74) is 3.69. The molecular formula is C22H28N2O5S. The molecule has 2 aromatic rings. The van der Waals surface area contributed by atoms with Gasteiger partial charge in [0, 0.05) is 25.4 Å². The number of carbonyl (C=O) groups excluding carboxylic acids is 1. The number of carbonyl (C=O) groups is 1. The smallest absolute Gasteiger partial charge is 0.322 e. The van der Waals surface area contributed by atoms with E-state index in [0.717, 1.165) is 41.5 Å². The fourth-order valence-corrected chi connectivity index (χ4v) is 3.96. The number of aryl methyl sites for hydroxylation is 2. The number of para-hydroxylation sites is 1. The number of anilines is 1. The molecule has 1 heterocycles. The van der Waals surface area contributed by atoms with E-state index in [1.807, 2.05) is 32.0 Å². The number of hydrogen-bond acceptors (Lipinski definition) is 5. The molecule has 0 bridgehead atoms. The quantitative estimate of drug-likeness (QED) is 0.672. The Morgan fingerprint density at radius 2 is 1.83 bits per heavy atom. The van der Waals surface area contributed by atoms with Gasteiger partial charge in [0.05, 0.1) is 12.4 Å². The van der Waals surface area contributed by atoms with Crippen LogP contribution in [-0.2, 0) is 21.4 Å². The number of amides is 2. The second-order valence-electron chi connectivity index (χ2n) is 7.64. The molecule has 0 radical (unpaired) electrons. The molecule has 0 unspecified atom stereocenters. The van der Waals surface area contributed by atoms with Crippen molar-refractivity contribution in [3.63, 3.8) is 0 Å². The zero-order valence-electron chi connectivity index (χ0n) is 17.6. The standard InChI is InChI=1S/C22H28N2O5S/c1-16-6-4-7-17(2)21(16)23-22(25)24(15-20-8-5-13-28-20)14-18-9-11-19(12-10-18)29-30(3,26)27/h4,6-7,9-12,20H,5,8,13-15H2,1-3H3,(H,23,25)/t20-/m0/s1. The van der Waals surface area contributed by atoms with Crippen LogP contribution < -0.4 is 9.50 Å². The van der Waals surface area contributed by atoms with Gasteiger partial charge < -0.3 is 19.1 Å². The molecule has 3 rings (SSSR count). The first-order valence-electron chi connectivity index (χ1n) is 9.93. The lowest BCUT2D eigenvalue weighted by molar-refractivity contribution is 0.0819. The average Bonchev–Trinajstić information content (AvgIpc) is 3.17. The molecule has 1 aliphatic rings. The maximum Gasteiger partial charge on any atom is 0.322 e. The third kappa shape index (κ3) is 6.21. The van der Waals surface area contributed by atoms with Crippen LogP contribution in [0.2, 0.25) is 0 Å². The minimum Gasteiger partial charge on any atom is -0.383 e. The highest BCUT2D eigenvalue weighted by Crippen LogP contribution is 2.22. The topological polar surface area (TPSA) is 84.9 Å². The van der Waals surface area contributed by atoms with Crippen molar-refractivity contribution in [2.45, 2.75) is 39.3 Å². The summed E-state index contributed by atoms with van der Waals surface area (Å²) < 4.78 is 33.2. The maximum atomic E-state index is 13.1. The predicted molar refractivity (Wildman–Crippen MR) is 116 cm³/mol. The van der Waals surface area contributed by atoms with Crippen molar-refractivity contribution in [1.82, 2.24) is 4.90 Å². The molecular weight excluding hydrogens is 404 g/mol. The lowest BCUT2D eigenvalue weighted by Crippen LogP contribution is -2.39. The van der Waals surface area contributed by atoms with Crippen LogP contribution in [0.3, 0.4) is 0 Å². The molecule has 162 valence electrons. The number of nitrogens with zero attached hydrogens (tertiary/aromatic N) is 1. The van der Waals surface area contributed by atoms with Crippen molar-refractivity contribution in [3.05, 3.63) is 59.2 Å². The number of ether oxygens (including phenoxy) is 1. The number of urea groups is 1. The largest absolute Gasteiger partial charge is 0.383 e. The second-order valence-corrected chi connectivity index (χ2v) is 9.22. The van der Waals surface area contributed by atoms with E-state index >= 15 is 0 Å². The minimum atomic E-state index is -3.58. The zero-order valence-corrected chi connectivity index (χ0v) is 18.4. The van der Waals surface area contributed by atoms with Gasteiger partial charge >= 0.3 is 16.1 Å². The van der Waals surface area contributed by atoms with Crippen molar-refractivity contribution in [3.8, 4) is 5.75 Å². The number of rotatable bonds is 7. The van der Waals surface area contributed by atoms with Gasteiger partial charge in [-0.2, -0.15) is 8.42 Å². The molecule has 2 amide bonds. The third-order valence-corrected chi connectivity index (χ3v) is 5.49. The van der Waals surface area contributed by atoms with Crippen LogP contribution in [0, 0.1) is 13.8 Å². The van der Waals surface area contributed by atoms with Crippen LogP contribution in [0.25, 0.3) is 0 Å². The van der Waals surface area contributed by atoms with Crippen molar-refractivity contribution < 1.29 is 22.1 Å². The Bertz CT molecular complexity index is 963. The summed E-state index contributed by atoms with van der Waals surface area (Å²) in [6.07, 6.45) is 2.94. The van der Waals surface area contributed by atoms with E-state index in [2.05, 4.69) is 5.32 Å². The summed E-state index contributed by atoms with van der Waals surface area (Å²) in [6.45, 7) is 5.50. The summed E-state index contributed by atoms with van der Waals surface area (Å²) in [7, 11) is -3.58. The molecule has 1 fully saturated rings. The summed E-state index contributed by atoms with van der Waals surface area (Å²) in [5, 5.41) is 3.04. The summed E-state index contributed by atoms with van der Waals surface area (Å²) in [5.74, 6) is 0.243. The Morgan fingerprint density at radius 1 is 1.17 bits per heavy atom. The Labute approximate surface area is 178 Å². The van der Waals surface area contributed by atoms with Crippen molar-refractivity contribution in [1.29, 1.82) is 0 Å². The maximum absolute atomic E-state index is 13.1. The lowest BCUT2D eigenvalue weighted by atomic mass is 10.1. The van der Waals surface area contributed by atoms with Gasteiger partial charge in [-0.05, 0) is 55.5 Å². The summed E-state index contributed by atoms with van der Waals surface area (Å²) >= 11 is 0. The van der Waals surface area contributed by atoms with Gasteiger partial charge in [0.15, 0.2) is 0 Å². The second kappa shape index (κ2) is 9.49. The molecule has 1 N–H and O–H groups in total. The number of hydrogen-bond donors (Lipinski definition) is 1. The molecule has 8 heteroatoms. The Balaban J connectivity index is 1.75. The van der Waals surface area contributed by atoms with E-state index in [4.69, 9.17) is 8.92 Å². The number of nitrogens with one attached hydrogen (secondary N) is 1. The molecule has 1 aliphatic heterocycles. The van der Waals surface area contributed by atoms with Crippen LogP contribution >= 0.6 is 0 Å². The van der Waals surface area contributed by atoms with E-state index in [1.54, 1.807) is 29.2 Å². The SMILES string of the molecule is Cc1cccc(C)c1NC(=O)N(Cc1ccc(OS(C)(=O)=O)cc1)C[C@@H]1CCCO1. The summed E-state index contributed by atoms with van der Waals surface area (Å²) in [4.78, 5) is 14.8. The van der Waals surface area contributed by atoms with E-state index in [-0.39, 0.29) is 17.9 Å². The summed E-state index contributed by atoms with van der Waals surface area (Å²) in [6, 6.07) is 12.4. The first-order valence-corrected chi connectivity index (χ1v) is 11.7. The molecule has 2 aromatic carbocycles. The molecule has 7 nitrogen and oxygen atoms in total. The first-order chi connectivity index (χ1) is 14.2. The highest BCUT2D eigenvalue weighted by atomic mass is 32.2. The van der Waals surface area contributed by atoms with Crippen LogP contribution in [-0.4, -0.2) is 44.9 Å². The average molecular weight is 433 g/mol.